The van der Waals surface area contributed by atoms with Gasteiger partial charge >= 0.3 is 0 Å². The zero-order valence-corrected chi connectivity index (χ0v) is 26.2. The number of carbonyl (C=O) groups is 1. The summed E-state index contributed by atoms with van der Waals surface area (Å²) in [6.07, 6.45) is 10.8. The van der Waals surface area contributed by atoms with E-state index in [1.54, 1.807) is 29.7 Å². The van der Waals surface area contributed by atoms with Gasteiger partial charge in [-0.25, -0.2) is 9.97 Å². The van der Waals surface area contributed by atoms with E-state index in [4.69, 9.17) is 0 Å². The fourth-order valence-electron chi connectivity index (χ4n) is 6.94. The molecule has 232 valence electrons. The molecule has 1 spiro atoms. The highest BCUT2D eigenvalue weighted by atomic mass is 16.2. The van der Waals surface area contributed by atoms with E-state index in [0.29, 0.717) is 24.1 Å². The van der Waals surface area contributed by atoms with Gasteiger partial charge in [0.1, 0.15) is 11.6 Å². The summed E-state index contributed by atoms with van der Waals surface area (Å²) >= 11 is 0. The number of hydrogen-bond acceptors (Lipinski definition) is 6. The molecule has 0 unspecified atom stereocenters. The van der Waals surface area contributed by atoms with Crippen molar-refractivity contribution in [3.8, 4) is 0 Å². The molecule has 9 nitrogen and oxygen atoms in total. The number of nitrogens with one attached hydrogen (secondary N) is 2. The van der Waals surface area contributed by atoms with Crippen molar-refractivity contribution in [2.45, 2.75) is 59.3 Å². The Morgan fingerprint density at radius 1 is 0.773 bits per heavy atom. The minimum atomic E-state index is -0.0314. The van der Waals surface area contributed by atoms with Crippen LogP contribution in [0, 0.1) is 5.41 Å². The van der Waals surface area contributed by atoms with Gasteiger partial charge in [0.05, 0.1) is 13.1 Å². The van der Waals surface area contributed by atoms with E-state index in [9.17, 15) is 4.79 Å². The lowest BCUT2D eigenvalue weighted by molar-refractivity contribution is 0.0721. The summed E-state index contributed by atoms with van der Waals surface area (Å²) in [5.74, 6) is 1.47. The minimum absolute atomic E-state index is 0.0314. The van der Waals surface area contributed by atoms with Crippen molar-refractivity contribution in [3.05, 3.63) is 102 Å². The number of amides is 1. The van der Waals surface area contributed by atoms with Gasteiger partial charge in [-0.2, -0.15) is 0 Å². The first-order valence-corrected chi connectivity index (χ1v) is 16.2. The van der Waals surface area contributed by atoms with E-state index in [2.05, 4.69) is 84.9 Å². The highest BCUT2D eigenvalue weighted by Gasteiger charge is 2.40. The second kappa shape index (κ2) is 13.8. The van der Waals surface area contributed by atoms with Gasteiger partial charge in [-0.1, -0.05) is 24.3 Å². The van der Waals surface area contributed by atoms with Crippen LogP contribution in [0.25, 0.3) is 0 Å². The molecule has 6 rings (SSSR count). The number of aromatic amines is 2. The molecule has 4 aromatic rings. The molecule has 0 atom stereocenters. The Hall–Kier alpha value is -3.95. The summed E-state index contributed by atoms with van der Waals surface area (Å²) in [6, 6.07) is 17.3. The van der Waals surface area contributed by atoms with Crippen LogP contribution in [-0.4, -0.2) is 79.8 Å². The summed E-state index contributed by atoms with van der Waals surface area (Å²) in [5, 5.41) is 0. The average Bonchev–Trinajstić information content (AvgIpc) is 3.84. The van der Waals surface area contributed by atoms with Crippen molar-refractivity contribution in [2.75, 3.05) is 44.2 Å². The Labute approximate surface area is 261 Å². The van der Waals surface area contributed by atoms with Gasteiger partial charge in [0, 0.05) is 68.8 Å². The van der Waals surface area contributed by atoms with Gasteiger partial charge in [-0.05, 0) is 93.6 Å². The summed E-state index contributed by atoms with van der Waals surface area (Å²) in [4.78, 5) is 37.7. The molecule has 2 aliphatic rings. The Balaban J connectivity index is 0.995. The number of piperidine rings is 1. The van der Waals surface area contributed by atoms with Crippen molar-refractivity contribution in [2.24, 2.45) is 5.41 Å². The van der Waals surface area contributed by atoms with Crippen LogP contribution in [0.2, 0.25) is 0 Å². The lowest BCUT2D eigenvalue weighted by Gasteiger charge is -2.39. The van der Waals surface area contributed by atoms with Crippen molar-refractivity contribution in [1.82, 2.24) is 34.6 Å². The van der Waals surface area contributed by atoms with E-state index in [0.717, 1.165) is 44.4 Å². The average molecular weight is 595 g/mol. The van der Waals surface area contributed by atoms with Crippen molar-refractivity contribution < 1.29 is 4.79 Å². The summed E-state index contributed by atoms with van der Waals surface area (Å²) in [5.41, 5.74) is 5.11. The molecular weight excluding hydrogens is 548 g/mol. The molecule has 0 saturated carbocycles. The maximum absolute atomic E-state index is 13.5. The number of carbonyl (C=O) groups excluding carboxylic acids is 1. The fourth-order valence-corrected chi connectivity index (χ4v) is 6.94. The predicted octanol–water partition coefficient (Wildman–Crippen LogP) is 5.31. The predicted molar refractivity (Wildman–Crippen MR) is 174 cm³/mol. The second-order valence-electron chi connectivity index (χ2n) is 12.5. The SMILES string of the molecule is CCN(CC)c1ccc(CN2CCC3(CC2)CCN(Cc2ccc(C(=O)N(Cc4ncc[nH]4)Cc4ncc[nH]4)cc2)C3)cc1. The van der Waals surface area contributed by atoms with Crippen LogP contribution in [0.3, 0.4) is 0 Å². The van der Waals surface area contributed by atoms with Gasteiger partial charge in [0.25, 0.3) is 5.91 Å². The number of benzene rings is 2. The monoisotopic (exact) mass is 594 g/mol. The van der Waals surface area contributed by atoms with Gasteiger partial charge in [-0.15, -0.1) is 0 Å². The third-order valence-electron chi connectivity index (χ3n) is 9.59. The maximum Gasteiger partial charge on any atom is 0.254 e. The highest BCUT2D eigenvalue weighted by Crippen LogP contribution is 2.41. The highest BCUT2D eigenvalue weighted by molar-refractivity contribution is 5.94. The van der Waals surface area contributed by atoms with Crippen LogP contribution in [0.15, 0.2) is 73.3 Å². The number of hydrogen-bond donors (Lipinski definition) is 2. The number of H-pyrrole nitrogens is 2. The number of nitrogens with zero attached hydrogens (tertiary/aromatic N) is 6. The van der Waals surface area contributed by atoms with Crippen molar-refractivity contribution >= 4 is 11.6 Å². The first-order valence-electron chi connectivity index (χ1n) is 16.2. The number of aromatic nitrogens is 4. The van der Waals surface area contributed by atoms with Crippen molar-refractivity contribution in [1.29, 1.82) is 0 Å². The third kappa shape index (κ3) is 7.22. The summed E-state index contributed by atoms with van der Waals surface area (Å²) in [7, 11) is 0. The molecule has 0 bridgehead atoms. The summed E-state index contributed by atoms with van der Waals surface area (Å²) < 4.78 is 0. The molecule has 4 heterocycles. The maximum atomic E-state index is 13.5. The lowest BCUT2D eigenvalue weighted by Crippen LogP contribution is -2.41. The molecule has 2 fully saturated rings. The van der Waals surface area contributed by atoms with Crippen molar-refractivity contribution in [3.63, 3.8) is 0 Å². The first-order chi connectivity index (χ1) is 21.5. The second-order valence-corrected chi connectivity index (χ2v) is 12.5. The molecule has 2 aromatic heterocycles. The van der Waals surface area contributed by atoms with E-state index in [1.165, 1.54) is 55.7 Å². The molecule has 2 saturated heterocycles. The Bertz CT molecular complexity index is 1400. The van der Waals surface area contributed by atoms with Crippen LogP contribution < -0.4 is 4.90 Å². The van der Waals surface area contributed by atoms with Gasteiger partial charge in [-0.3, -0.25) is 14.6 Å². The molecule has 0 aliphatic carbocycles. The number of rotatable bonds is 12. The standard InChI is InChI=1S/C35H46N8O/c1-3-42(4-2)31-11-7-29(8-12-31)23-40-20-13-35(14-21-40)15-22-41(27-35)24-28-5-9-30(10-6-28)34(44)43(25-32-36-16-17-37-32)26-33-38-18-19-39-33/h5-12,16-19H,3-4,13-15,20-27H2,1-2H3,(H,36,37)(H,38,39). The number of imidazole rings is 2. The minimum Gasteiger partial charge on any atom is -0.372 e. The number of anilines is 1. The Morgan fingerprint density at radius 3 is 1.82 bits per heavy atom. The summed E-state index contributed by atoms with van der Waals surface area (Å²) in [6.45, 7) is 14.0. The quantitative estimate of drug-likeness (QED) is 0.231. The number of likely N-dealkylation sites (tertiary alicyclic amines) is 2. The van der Waals surface area contributed by atoms with Crippen LogP contribution >= 0.6 is 0 Å². The van der Waals surface area contributed by atoms with Gasteiger partial charge < -0.3 is 19.8 Å². The smallest absolute Gasteiger partial charge is 0.254 e. The molecule has 1 amide bonds. The van der Waals surface area contributed by atoms with E-state index >= 15 is 0 Å². The molecule has 2 N–H and O–H groups in total. The molecule has 2 aliphatic heterocycles. The molecule has 2 aromatic carbocycles. The van der Waals surface area contributed by atoms with Gasteiger partial charge in [0.15, 0.2) is 0 Å². The molecular formula is C35H46N8O. The van der Waals surface area contributed by atoms with Crippen LogP contribution in [-0.2, 0) is 26.2 Å². The van der Waals surface area contributed by atoms with Gasteiger partial charge in [0.2, 0.25) is 0 Å². The largest absolute Gasteiger partial charge is 0.372 e. The first kappa shape index (κ1) is 30.1. The zero-order chi connectivity index (χ0) is 30.4. The molecule has 9 heteroatoms. The van der Waals surface area contributed by atoms with Crippen LogP contribution in [0.5, 0.6) is 0 Å². The van der Waals surface area contributed by atoms with E-state index in [-0.39, 0.29) is 5.91 Å². The topological polar surface area (TPSA) is 87.4 Å². The Kier molecular flexibility index (Phi) is 9.43. The normalized spacial score (nSPS) is 16.9. The van der Waals surface area contributed by atoms with Crippen LogP contribution in [0.1, 0.15) is 66.2 Å². The molecule has 0 radical (unpaired) electrons. The third-order valence-corrected chi connectivity index (χ3v) is 9.59. The van der Waals surface area contributed by atoms with E-state index in [1.807, 2.05) is 12.1 Å². The lowest BCUT2D eigenvalue weighted by atomic mass is 9.77. The Morgan fingerprint density at radius 2 is 1.30 bits per heavy atom. The van der Waals surface area contributed by atoms with E-state index < -0.39 is 0 Å². The molecule has 44 heavy (non-hydrogen) atoms. The van der Waals surface area contributed by atoms with Crippen LogP contribution in [0.4, 0.5) is 5.69 Å². The fraction of sp³-hybridized carbons (Fsp3) is 0.457. The zero-order valence-electron chi connectivity index (χ0n) is 26.2.